The van der Waals surface area contributed by atoms with E-state index < -0.39 is 11.8 Å². The van der Waals surface area contributed by atoms with Crippen LogP contribution in [-0.2, 0) is 0 Å². The fraction of sp³-hybridized carbons (Fsp3) is 1.00. The lowest BCUT2D eigenvalue weighted by Gasteiger charge is -2.17. The molecule has 0 heterocycles. The fourth-order valence-electron chi connectivity index (χ4n) is 0.600. The molecule has 0 aliphatic carbocycles. The average molecular weight is 159 g/mol. The van der Waals surface area contributed by atoms with Crippen LogP contribution in [0.15, 0.2) is 5.11 Å². The first-order chi connectivity index (χ1) is 4.95. The van der Waals surface area contributed by atoms with E-state index in [2.05, 4.69) is 10.0 Å². The minimum absolute atomic E-state index is 0.285. The first-order valence-corrected chi connectivity index (χ1v) is 3.40. The quantitative estimate of drug-likeness (QED) is 0.366. The summed E-state index contributed by atoms with van der Waals surface area (Å²) in [4.78, 5) is 2.43. The molecule has 0 spiro atoms. The molecule has 2 N–H and O–H groups in total. The number of hydrogen-bond acceptors (Lipinski definition) is 3. The number of aliphatic hydroxyl groups is 2. The summed E-state index contributed by atoms with van der Waals surface area (Å²) >= 11 is 0. The monoisotopic (exact) mass is 159 g/mol. The number of hydrogen-bond donors (Lipinski definition) is 2. The summed E-state index contributed by atoms with van der Waals surface area (Å²) in [7, 11) is 0. The fourth-order valence-corrected chi connectivity index (χ4v) is 0.600. The summed E-state index contributed by atoms with van der Waals surface area (Å²) < 4.78 is 0. The lowest BCUT2D eigenvalue weighted by molar-refractivity contribution is 0.0499. The van der Waals surface area contributed by atoms with E-state index in [1.54, 1.807) is 13.8 Å². The Morgan fingerprint density at radius 1 is 1.64 bits per heavy atom. The van der Waals surface area contributed by atoms with Gasteiger partial charge in [-0.25, -0.2) is 0 Å². The van der Waals surface area contributed by atoms with Crippen LogP contribution in [0.4, 0.5) is 0 Å². The van der Waals surface area contributed by atoms with Gasteiger partial charge in [-0.05, 0) is 32.2 Å². The molecule has 11 heavy (non-hydrogen) atoms. The van der Waals surface area contributed by atoms with Crippen molar-refractivity contribution in [2.75, 3.05) is 0 Å². The van der Waals surface area contributed by atoms with Crippen molar-refractivity contribution >= 4 is 0 Å². The third kappa shape index (κ3) is 7.12. The van der Waals surface area contributed by atoms with Gasteiger partial charge in [0.25, 0.3) is 0 Å². The first kappa shape index (κ1) is 10.2. The molecular weight excluding hydrogens is 146 g/mol. The molecule has 0 aromatic heterocycles. The highest BCUT2D eigenvalue weighted by atomic mass is 16.3. The maximum atomic E-state index is 9.19. The molecular formula is C6H13N3O2. The second-order valence-electron chi connectivity index (χ2n) is 3.04. The van der Waals surface area contributed by atoms with Gasteiger partial charge in [-0.3, -0.25) is 0 Å². The first-order valence-electron chi connectivity index (χ1n) is 3.40. The Kier molecular flexibility index (Phi) is 3.89. The molecule has 1 atom stereocenters. The summed E-state index contributed by atoms with van der Waals surface area (Å²) in [5.74, 6) is 0. The van der Waals surface area contributed by atoms with Gasteiger partial charge in [0.05, 0.1) is 5.60 Å². The molecule has 5 nitrogen and oxygen atoms in total. The van der Waals surface area contributed by atoms with Crippen molar-refractivity contribution in [2.24, 2.45) is 5.11 Å². The van der Waals surface area contributed by atoms with E-state index in [0.29, 0.717) is 6.42 Å². The predicted molar refractivity (Wildman–Crippen MR) is 40.7 cm³/mol. The van der Waals surface area contributed by atoms with Crippen LogP contribution in [0.2, 0.25) is 0 Å². The second-order valence-corrected chi connectivity index (χ2v) is 3.04. The van der Waals surface area contributed by atoms with Crippen molar-refractivity contribution in [2.45, 2.75) is 38.5 Å². The lowest BCUT2D eigenvalue weighted by Crippen LogP contribution is -2.20. The highest BCUT2D eigenvalue weighted by molar-refractivity contribution is 4.67. The summed E-state index contributed by atoms with van der Waals surface area (Å²) in [6, 6.07) is 0. The van der Waals surface area contributed by atoms with Crippen molar-refractivity contribution in [3.05, 3.63) is 10.4 Å². The zero-order valence-electron chi connectivity index (χ0n) is 6.73. The summed E-state index contributed by atoms with van der Waals surface area (Å²) in [5, 5.41) is 21.1. The maximum Gasteiger partial charge on any atom is 0.133 e. The van der Waals surface area contributed by atoms with Crippen molar-refractivity contribution in [3.8, 4) is 0 Å². The van der Waals surface area contributed by atoms with Crippen molar-refractivity contribution in [3.63, 3.8) is 0 Å². The Labute approximate surface area is 65.3 Å². The van der Waals surface area contributed by atoms with E-state index in [0.717, 1.165) is 0 Å². The van der Waals surface area contributed by atoms with E-state index in [9.17, 15) is 5.11 Å². The Hall–Kier alpha value is -0.770. The maximum absolute atomic E-state index is 9.19. The Morgan fingerprint density at radius 2 is 2.18 bits per heavy atom. The van der Waals surface area contributed by atoms with E-state index in [1.807, 2.05) is 0 Å². The van der Waals surface area contributed by atoms with Crippen molar-refractivity contribution in [1.29, 1.82) is 0 Å². The van der Waals surface area contributed by atoms with Crippen LogP contribution in [-0.4, -0.2) is 22.0 Å². The number of azide groups is 1. The third-order valence-corrected chi connectivity index (χ3v) is 1.20. The number of aliphatic hydroxyl groups excluding tert-OH is 1. The van der Waals surface area contributed by atoms with Crippen LogP contribution in [0, 0.1) is 0 Å². The molecule has 0 aromatic rings. The summed E-state index contributed by atoms with van der Waals surface area (Å²) in [5.41, 5.74) is 7.09. The predicted octanol–water partition coefficient (Wildman–Crippen LogP) is 1.17. The number of rotatable bonds is 4. The Morgan fingerprint density at radius 3 is 2.55 bits per heavy atom. The van der Waals surface area contributed by atoms with Crippen molar-refractivity contribution in [1.82, 2.24) is 0 Å². The Bertz CT molecular complexity index is 158. The molecule has 0 saturated heterocycles. The zero-order valence-corrected chi connectivity index (χ0v) is 6.73. The van der Waals surface area contributed by atoms with Crippen LogP contribution in [0.3, 0.4) is 0 Å². The highest BCUT2D eigenvalue weighted by Crippen LogP contribution is 2.12. The van der Waals surface area contributed by atoms with Gasteiger partial charge in [-0.15, -0.1) is 0 Å². The lowest BCUT2D eigenvalue weighted by atomic mass is 10.0. The molecule has 1 unspecified atom stereocenters. The topological polar surface area (TPSA) is 89.2 Å². The normalized spacial score (nSPS) is 13.8. The molecule has 64 valence electrons. The van der Waals surface area contributed by atoms with Crippen LogP contribution < -0.4 is 0 Å². The number of nitrogens with zero attached hydrogens (tertiary/aromatic N) is 3. The van der Waals surface area contributed by atoms with Gasteiger partial charge in [0.15, 0.2) is 0 Å². The second kappa shape index (κ2) is 4.18. The zero-order chi connectivity index (χ0) is 8.91. The summed E-state index contributed by atoms with van der Waals surface area (Å²) in [6.45, 7) is 3.27. The van der Waals surface area contributed by atoms with Gasteiger partial charge >= 0.3 is 0 Å². The van der Waals surface area contributed by atoms with Crippen LogP contribution in [0.25, 0.3) is 10.4 Å². The SMILES string of the molecule is CC(C)(O)CCC(O)N=[N+]=[N-]. The molecule has 5 heteroatoms. The van der Waals surface area contributed by atoms with Crippen LogP contribution in [0.5, 0.6) is 0 Å². The van der Waals surface area contributed by atoms with E-state index in [-0.39, 0.29) is 6.42 Å². The molecule has 0 saturated carbocycles. The molecule has 0 aliphatic heterocycles. The largest absolute Gasteiger partial charge is 0.390 e. The molecule has 0 fully saturated rings. The van der Waals surface area contributed by atoms with Gasteiger partial charge in [0.1, 0.15) is 6.23 Å². The van der Waals surface area contributed by atoms with Crippen LogP contribution in [0.1, 0.15) is 26.7 Å². The third-order valence-electron chi connectivity index (χ3n) is 1.20. The molecule has 0 amide bonds. The Balaban J connectivity index is 3.62. The van der Waals surface area contributed by atoms with Crippen LogP contribution >= 0.6 is 0 Å². The highest BCUT2D eigenvalue weighted by Gasteiger charge is 2.13. The van der Waals surface area contributed by atoms with E-state index in [4.69, 9.17) is 10.6 Å². The minimum atomic E-state index is -1.02. The van der Waals surface area contributed by atoms with Crippen molar-refractivity contribution < 1.29 is 10.2 Å². The molecule has 0 bridgehead atoms. The average Bonchev–Trinajstić information content (AvgIpc) is 1.83. The van der Waals surface area contributed by atoms with Gasteiger partial charge in [-0.2, -0.15) is 0 Å². The molecule has 0 aromatic carbocycles. The standard InChI is InChI=1S/C6H13N3O2/c1-6(2,11)4-3-5(10)8-9-7/h5,10-11H,3-4H2,1-2H3. The van der Waals surface area contributed by atoms with Gasteiger partial charge < -0.3 is 10.2 Å². The van der Waals surface area contributed by atoms with Gasteiger partial charge in [0, 0.05) is 4.91 Å². The molecule has 0 radical (unpaired) electrons. The van der Waals surface area contributed by atoms with E-state index in [1.165, 1.54) is 0 Å². The minimum Gasteiger partial charge on any atom is -0.390 e. The summed E-state index contributed by atoms with van der Waals surface area (Å²) in [6.07, 6.45) is -0.327. The molecule has 0 rings (SSSR count). The smallest absolute Gasteiger partial charge is 0.133 e. The molecule has 0 aliphatic rings. The van der Waals surface area contributed by atoms with Gasteiger partial charge in [0.2, 0.25) is 0 Å². The van der Waals surface area contributed by atoms with E-state index >= 15 is 0 Å². The van der Waals surface area contributed by atoms with Gasteiger partial charge in [-0.1, -0.05) is 5.11 Å².